The van der Waals surface area contributed by atoms with Crippen molar-refractivity contribution in [2.75, 3.05) is 6.61 Å². The maximum atomic E-state index is 8.57. The number of aromatic hydroxyl groups is 1. The lowest BCUT2D eigenvalue weighted by Crippen LogP contribution is -1.84. The lowest BCUT2D eigenvalue weighted by atomic mass is 10.4. The van der Waals surface area contributed by atoms with Crippen LogP contribution in [0.25, 0.3) is 0 Å². The van der Waals surface area contributed by atoms with Crippen LogP contribution in [0, 0.1) is 0 Å². The van der Waals surface area contributed by atoms with Crippen LogP contribution in [0.2, 0.25) is 0 Å². The van der Waals surface area contributed by atoms with Crippen LogP contribution in [0.15, 0.2) is 42.0 Å². The van der Waals surface area contributed by atoms with Crippen molar-refractivity contribution in [1.29, 1.82) is 0 Å². The molecular formula is C11H13NO2S. The van der Waals surface area contributed by atoms with Gasteiger partial charge in [0.05, 0.1) is 6.20 Å². The largest absolute Gasteiger partial charge is 0.506 e. The predicted molar refractivity (Wildman–Crippen MR) is 61.0 cm³/mol. The second-order valence-electron chi connectivity index (χ2n) is 2.76. The summed E-state index contributed by atoms with van der Waals surface area (Å²) in [5.74, 6) is 0.211. The molecule has 0 aliphatic rings. The van der Waals surface area contributed by atoms with Gasteiger partial charge < -0.3 is 10.2 Å². The van der Waals surface area contributed by atoms with E-state index >= 15 is 0 Å². The lowest BCUT2D eigenvalue weighted by molar-refractivity contribution is 0.300. The topological polar surface area (TPSA) is 53.4 Å². The van der Waals surface area contributed by atoms with Crippen molar-refractivity contribution in [3.63, 3.8) is 0 Å². The van der Waals surface area contributed by atoms with Gasteiger partial charge in [-0.25, -0.2) is 0 Å². The smallest absolute Gasteiger partial charge is 0.133 e. The molecule has 3 nitrogen and oxygen atoms in total. The number of hydrogen-bond acceptors (Lipinski definition) is 4. The SMILES string of the molecule is OCCc1cccs1.Oc1cccnc1. The number of aliphatic hydroxyl groups is 1. The standard InChI is InChI=1S/C6H8OS.C5H5NO/c7-4-3-6-2-1-5-8-6;7-5-2-1-3-6-4-5/h1-2,5,7H,3-4H2;1-4,7H. The molecular weight excluding hydrogens is 210 g/mol. The number of hydrogen-bond donors (Lipinski definition) is 2. The number of nitrogens with zero attached hydrogens (tertiary/aromatic N) is 1. The first-order valence-electron chi connectivity index (χ1n) is 4.55. The second kappa shape index (κ2) is 6.98. The van der Waals surface area contributed by atoms with Gasteiger partial charge >= 0.3 is 0 Å². The van der Waals surface area contributed by atoms with Crippen molar-refractivity contribution in [3.05, 3.63) is 46.9 Å². The van der Waals surface area contributed by atoms with Crippen molar-refractivity contribution in [1.82, 2.24) is 4.98 Å². The molecule has 0 aliphatic carbocycles. The zero-order chi connectivity index (χ0) is 10.9. The maximum Gasteiger partial charge on any atom is 0.133 e. The van der Waals surface area contributed by atoms with Crippen LogP contribution >= 0.6 is 11.3 Å². The Balaban J connectivity index is 0.000000151. The Morgan fingerprint density at radius 1 is 1.27 bits per heavy atom. The zero-order valence-electron chi connectivity index (χ0n) is 8.21. The molecule has 80 valence electrons. The molecule has 0 aromatic carbocycles. The van der Waals surface area contributed by atoms with Crippen LogP contribution in [-0.4, -0.2) is 21.8 Å². The molecule has 0 spiro atoms. The first-order valence-corrected chi connectivity index (χ1v) is 5.43. The fourth-order valence-electron chi connectivity index (χ4n) is 0.919. The highest BCUT2D eigenvalue weighted by Gasteiger charge is 1.87. The number of thiophene rings is 1. The van der Waals surface area contributed by atoms with Gasteiger partial charge in [0.2, 0.25) is 0 Å². The summed E-state index contributed by atoms with van der Waals surface area (Å²) >= 11 is 1.69. The molecule has 0 aliphatic heterocycles. The highest BCUT2D eigenvalue weighted by molar-refractivity contribution is 7.09. The summed E-state index contributed by atoms with van der Waals surface area (Å²) in [6.45, 7) is 0.264. The summed E-state index contributed by atoms with van der Waals surface area (Å²) in [5, 5.41) is 19.0. The fourth-order valence-corrected chi connectivity index (χ4v) is 1.62. The van der Waals surface area contributed by atoms with Crippen molar-refractivity contribution < 1.29 is 10.2 Å². The van der Waals surface area contributed by atoms with E-state index in [9.17, 15) is 0 Å². The number of aliphatic hydroxyl groups excluding tert-OH is 1. The van der Waals surface area contributed by atoms with Crippen molar-refractivity contribution in [3.8, 4) is 5.75 Å². The first-order chi connectivity index (χ1) is 7.33. The van der Waals surface area contributed by atoms with Crippen LogP contribution < -0.4 is 0 Å². The molecule has 0 bridgehead atoms. The monoisotopic (exact) mass is 223 g/mol. The van der Waals surface area contributed by atoms with E-state index in [1.54, 1.807) is 29.7 Å². The molecule has 0 unspecified atom stereocenters. The molecule has 0 radical (unpaired) electrons. The molecule has 2 heterocycles. The lowest BCUT2D eigenvalue weighted by Gasteiger charge is -1.85. The summed E-state index contributed by atoms with van der Waals surface area (Å²) in [6.07, 6.45) is 3.80. The summed E-state index contributed by atoms with van der Waals surface area (Å²) < 4.78 is 0. The van der Waals surface area contributed by atoms with E-state index in [1.165, 1.54) is 11.1 Å². The van der Waals surface area contributed by atoms with E-state index in [1.807, 2.05) is 17.5 Å². The molecule has 2 N–H and O–H groups in total. The predicted octanol–water partition coefficient (Wildman–Crippen LogP) is 2.07. The van der Waals surface area contributed by atoms with Gasteiger partial charge in [0, 0.05) is 24.1 Å². The Morgan fingerprint density at radius 2 is 2.13 bits per heavy atom. The van der Waals surface area contributed by atoms with Crippen LogP contribution in [0.5, 0.6) is 5.75 Å². The van der Waals surface area contributed by atoms with E-state index in [-0.39, 0.29) is 12.4 Å². The minimum absolute atomic E-state index is 0.211. The van der Waals surface area contributed by atoms with Gasteiger partial charge in [0.25, 0.3) is 0 Å². The summed E-state index contributed by atoms with van der Waals surface area (Å²) in [4.78, 5) is 4.89. The average molecular weight is 223 g/mol. The highest BCUT2D eigenvalue weighted by Crippen LogP contribution is 2.07. The molecule has 0 atom stereocenters. The Labute approximate surface area is 92.7 Å². The summed E-state index contributed by atoms with van der Waals surface area (Å²) in [6, 6.07) is 7.28. The van der Waals surface area contributed by atoms with Crippen LogP contribution in [0.1, 0.15) is 4.88 Å². The van der Waals surface area contributed by atoms with E-state index in [4.69, 9.17) is 10.2 Å². The number of rotatable bonds is 2. The van der Waals surface area contributed by atoms with Gasteiger partial charge in [-0.3, -0.25) is 4.98 Å². The third-order valence-electron chi connectivity index (χ3n) is 1.58. The molecule has 2 aromatic rings. The van der Waals surface area contributed by atoms with Gasteiger partial charge in [0.15, 0.2) is 0 Å². The molecule has 0 saturated heterocycles. The third-order valence-corrected chi connectivity index (χ3v) is 2.52. The molecule has 15 heavy (non-hydrogen) atoms. The van der Waals surface area contributed by atoms with E-state index in [2.05, 4.69) is 4.98 Å². The van der Waals surface area contributed by atoms with E-state index < -0.39 is 0 Å². The zero-order valence-corrected chi connectivity index (χ0v) is 9.02. The Hall–Kier alpha value is -1.39. The fraction of sp³-hybridized carbons (Fsp3) is 0.182. The molecule has 2 aromatic heterocycles. The first kappa shape index (κ1) is 11.7. The Bertz CT molecular complexity index is 348. The normalized spacial score (nSPS) is 9.13. The Kier molecular flexibility index (Phi) is 5.43. The van der Waals surface area contributed by atoms with Crippen LogP contribution in [0.3, 0.4) is 0 Å². The number of aromatic nitrogens is 1. The van der Waals surface area contributed by atoms with Crippen LogP contribution in [0.4, 0.5) is 0 Å². The van der Waals surface area contributed by atoms with Crippen molar-refractivity contribution >= 4 is 11.3 Å². The minimum Gasteiger partial charge on any atom is -0.506 e. The third kappa shape index (κ3) is 5.15. The van der Waals surface area contributed by atoms with E-state index in [0.717, 1.165) is 6.42 Å². The van der Waals surface area contributed by atoms with Crippen LogP contribution in [-0.2, 0) is 6.42 Å². The Morgan fingerprint density at radius 3 is 2.53 bits per heavy atom. The van der Waals surface area contributed by atoms with Gasteiger partial charge in [-0.1, -0.05) is 6.07 Å². The minimum atomic E-state index is 0.211. The van der Waals surface area contributed by atoms with Gasteiger partial charge in [0.1, 0.15) is 5.75 Å². The summed E-state index contributed by atoms with van der Waals surface area (Å²) in [5.41, 5.74) is 0. The molecule has 4 heteroatoms. The highest BCUT2D eigenvalue weighted by atomic mass is 32.1. The summed E-state index contributed by atoms with van der Waals surface area (Å²) in [7, 11) is 0. The quantitative estimate of drug-likeness (QED) is 0.819. The average Bonchev–Trinajstić information content (AvgIpc) is 2.73. The van der Waals surface area contributed by atoms with Gasteiger partial charge in [-0.05, 0) is 23.6 Å². The second-order valence-corrected chi connectivity index (χ2v) is 3.80. The molecule has 2 rings (SSSR count). The number of pyridine rings is 1. The van der Waals surface area contributed by atoms with E-state index in [0.29, 0.717) is 0 Å². The molecule has 0 saturated carbocycles. The van der Waals surface area contributed by atoms with Crippen molar-refractivity contribution in [2.24, 2.45) is 0 Å². The van der Waals surface area contributed by atoms with Crippen molar-refractivity contribution in [2.45, 2.75) is 6.42 Å². The maximum absolute atomic E-state index is 8.57. The molecule has 0 amide bonds. The molecule has 0 fully saturated rings. The van der Waals surface area contributed by atoms with Gasteiger partial charge in [-0.15, -0.1) is 11.3 Å². The van der Waals surface area contributed by atoms with Gasteiger partial charge in [-0.2, -0.15) is 0 Å².